The van der Waals surface area contributed by atoms with E-state index >= 15 is 0 Å². The topological polar surface area (TPSA) is 87.4 Å². The summed E-state index contributed by atoms with van der Waals surface area (Å²) in [7, 11) is 0. The lowest BCUT2D eigenvalue weighted by molar-refractivity contribution is -0.131. The second-order valence-corrected chi connectivity index (χ2v) is 5.14. The molecule has 2 aromatic carbocycles. The van der Waals surface area contributed by atoms with Crippen LogP contribution in [0.15, 0.2) is 54.6 Å². The lowest BCUT2D eigenvalue weighted by Crippen LogP contribution is -2.48. The predicted molar refractivity (Wildman–Crippen MR) is 86.2 cm³/mol. The molecule has 0 aliphatic heterocycles. The van der Waals surface area contributed by atoms with Crippen LogP contribution in [0.5, 0.6) is 0 Å². The highest BCUT2D eigenvalue weighted by Gasteiger charge is 2.18. The van der Waals surface area contributed by atoms with E-state index in [0.717, 1.165) is 16.7 Å². The first-order valence-corrected chi connectivity index (χ1v) is 7.21. The maximum atomic E-state index is 11.4. The molecule has 2 atom stereocenters. The van der Waals surface area contributed by atoms with Crippen LogP contribution in [0.4, 0.5) is 0 Å². The monoisotopic (exact) mass is 299 g/mol. The molecule has 0 aliphatic carbocycles. The molecule has 2 aromatic rings. The first-order valence-electron chi connectivity index (χ1n) is 7.21. The lowest BCUT2D eigenvalue weighted by atomic mass is 10.0. The Bertz CT molecular complexity index is 599. The molecular formula is C17H21N3O2. The van der Waals surface area contributed by atoms with Crippen molar-refractivity contribution >= 4 is 5.91 Å². The van der Waals surface area contributed by atoms with E-state index in [1.54, 1.807) is 5.48 Å². The first-order chi connectivity index (χ1) is 10.7. The highest BCUT2D eigenvalue weighted by Crippen LogP contribution is 2.21. The molecule has 116 valence electrons. The molecule has 2 rings (SSSR count). The van der Waals surface area contributed by atoms with Crippen molar-refractivity contribution in [3.05, 3.63) is 60.2 Å². The van der Waals surface area contributed by atoms with E-state index in [0.29, 0.717) is 0 Å². The van der Waals surface area contributed by atoms with Crippen molar-refractivity contribution in [1.29, 1.82) is 0 Å². The van der Waals surface area contributed by atoms with Crippen LogP contribution in [-0.4, -0.2) is 23.7 Å². The molecule has 1 amide bonds. The van der Waals surface area contributed by atoms with Crippen LogP contribution in [0.25, 0.3) is 11.1 Å². The molecule has 0 spiro atoms. The zero-order valence-electron chi connectivity index (χ0n) is 12.5. The van der Waals surface area contributed by atoms with Crippen molar-refractivity contribution in [1.82, 2.24) is 10.8 Å². The highest BCUT2D eigenvalue weighted by molar-refractivity contribution is 5.80. The van der Waals surface area contributed by atoms with Crippen molar-refractivity contribution in [2.24, 2.45) is 5.73 Å². The molecule has 0 aliphatic rings. The minimum absolute atomic E-state index is 0.0596. The normalized spacial score (nSPS) is 13.4. The van der Waals surface area contributed by atoms with Gasteiger partial charge < -0.3 is 5.73 Å². The number of hydroxylamine groups is 1. The number of amides is 1. The third kappa shape index (κ3) is 3.92. The summed E-state index contributed by atoms with van der Waals surface area (Å²) in [6.07, 6.45) is 0. The minimum Gasteiger partial charge on any atom is -0.328 e. The quantitative estimate of drug-likeness (QED) is 0.484. The maximum absolute atomic E-state index is 11.4. The van der Waals surface area contributed by atoms with Crippen LogP contribution < -0.4 is 16.5 Å². The summed E-state index contributed by atoms with van der Waals surface area (Å²) in [5, 5.41) is 11.8. The smallest absolute Gasteiger partial charge is 0.261 e. The van der Waals surface area contributed by atoms with Crippen molar-refractivity contribution in [2.45, 2.75) is 19.0 Å². The summed E-state index contributed by atoms with van der Waals surface area (Å²) in [5.74, 6) is -0.532. The van der Waals surface area contributed by atoms with Gasteiger partial charge >= 0.3 is 0 Å². The van der Waals surface area contributed by atoms with E-state index in [1.165, 1.54) is 0 Å². The van der Waals surface area contributed by atoms with E-state index in [2.05, 4.69) is 17.4 Å². The molecule has 0 aromatic heterocycles. The van der Waals surface area contributed by atoms with Gasteiger partial charge in [0.2, 0.25) is 0 Å². The third-order valence-corrected chi connectivity index (χ3v) is 3.63. The predicted octanol–water partition coefficient (Wildman–Crippen LogP) is 1.84. The van der Waals surface area contributed by atoms with E-state index in [1.807, 2.05) is 49.4 Å². The second kappa shape index (κ2) is 7.70. The van der Waals surface area contributed by atoms with E-state index in [9.17, 15) is 4.79 Å². The maximum Gasteiger partial charge on any atom is 0.261 e. The fourth-order valence-corrected chi connectivity index (χ4v) is 2.32. The Labute approximate surface area is 130 Å². The van der Waals surface area contributed by atoms with Crippen LogP contribution in [0.2, 0.25) is 0 Å². The molecule has 0 fully saturated rings. The first kappa shape index (κ1) is 16.2. The van der Waals surface area contributed by atoms with Crippen molar-refractivity contribution < 1.29 is 10.0 Å². The van der Waals surface area contributed by atoms with Gasteiger partial charge in [-0.15, -0.1) is 0 Å². The Morgan fingerprint density at radius 2 is 1.68 bits per heavy atom. The molecule has 0 heterocycles. The van der Waals surface area contributed by atoms with Gasteiger partial charge in [0.1, 0.15) is 6.04 Å². The van der Waals surface area contributed by atoms with Gasteiger partial charge in [0.05, 0.1) is 0 Å². The van der Waals surface area contributed by atoms with Gasteiger partial charge in [0.25, 0.3) is 5.91 Å². The number of benzene rings is 2. The number of carbonyl (C=O) groups is 1. The van der Waals surface area contributed by atoms with Crippen molar-refractivity contribution in [3.63, 3.8) is 0 Å². The van der Waals surface area contributed by atoms with Crippen LogP contribution in [0.3, 0.4) is 0 Å². The molecule has 5 N–H and O–H groups in total. The number of nitrogens with two attached hydrogens (primary N) is 1. The van der Waals surface area contributed by atoms with Gasteiger partial charge in [-0.05, 0) is 23.6 Å². The number of carbonyl (C=O) groups excluding carboxylic acids is 1. The molecule has 5 nitrogen and oxygen atoms in total. The minimum atomic E-state index is -0.631. The highest BCUT2D eigenvalue weighted by atomic mass is 16.5. The van der Waals surface area contributed by atoms with E-state index in [4.69, 9.17) is 10.9 Å². The zero-order chi connectivity index (χ0) is 15.9. The van der Waals surface area contributed by atoms with Crippen LogP contribution >= 0.6 is 0 Å². The third-order valence-electron chi connectivity index (χ3n) is 3.63. The summed E-state index contributed by atoms with van der Waals surface area (Å²) in [6, 6.07) is 17.6. The van der Waals surface area contributed by atoms with E-state index in [-0.39, 0.29) is 12.6 Å². The summed E-state index contributed by atoms with van der Waals surface area (Å²) < 4.78 is 0. The number of hydrogen-bond donors (Lipinski definition) is 4. The van der Waals surface area contributed by atoms with Gasteiger partial charge in [-0.25, -0.2) is 5.48 Å². The summed E-state index contributed by atoms with van der Waals surface area (Å²) >= 11 is 0. The molecule has 0 bridgehead atoms. The largest absolute Gasteiger partial charge is 0.328 e. The van der Waals surface area contributed by atoms with Crippen molar-refractivity contribution in [2.75, 3.05) is 6.54 Å². The van der Waals surface area contributed by atoms with E-state index < -0.39 is 11.9 Å². The van der Waals surface area contributed by atoms with Crippen LogP contribution in [-0.2, 0) is 4.79 Å². The van der Waals surface area contributed by atoms with Gasteiger partial charge in [-0.2, -0.15) is 0 Å². The number of rotatable bonds is 6. The average Bonchev–Trinajstić information content (AvgIpc) is 2.59. The Hall–Kier alpha value is -2.21. The van der Waals surface area contributed by atoms with Gasteiger partial charge in [-0.3, -0.25) is 15.3 Å². The van der Waals surface area contributed by atoms with Crippen LogP contribution in [0.1, 0.15) is 18.5 Å². The van der Waals surface area contributed by atoms with Crippen LogP contribution in [0, 0.1) is 0 Å². The Morgan fingerprint density at radius 3 is 2.23 bits per heavy atom. The molecule has 0 radical (unpaired) electrons. The Balaban J connectivity index is 2.08. The molecule has 0 saturated heterocycles. The number of nitrogens with one attached hydrogen (secondary N) is 2. The second-order valence-electron chi connectivity index (χ2n) is 5.14. The fourth-order valence-electron chi connectivity index (χ4n) is 2.32. The van der Waals surface area contributed by atoms with Gasteiger partial charge in [0, 0.05) is 12.6 Å². The molecule has 22 heavy (non-hydrogen) atoms. The van der Waals surface area contributed by atoms with Gasteiger partial charge in [0.15, 0.2) is 0 Å². The standard InChI is InChI=1S/C17H21N3O2/c1-12(19-16(11-18)17(21)20-22)13-7-9-15(10-8-13)14-5-3-2-4-6-14/h2-10,12,16,19,22H,11,18H2,1H3,(H,20,21)/t12?,16-/m0/s1. The molecular weight excluding hydrogens is 278 g/mol. The summed E-state index contributed by atoms with van der Waals surface area (Å²) in [5.41, 5.74) is 10.5. The average molecular weight is 299 g/mol. The fraction of sp³-hybridized carbons (Fsp3) is 0.235. The van der Waals surface area contributed by atoms with Crippen molar-refractivity contribution in [3.8, 4) is 11.1 Å². The molecule has 5 heteroatoms. The summed E-state index contributed by atoms with van der Waals surface area (Å²) in [4.78, 5) is 11.4. The molecule has 1 unspecified atom stereocenters. The summed E-state index contributed by atoms with van der Waals surface area (Å²) in [6.45, 7) is 2.06. The van der Waals surface area contributed by atoms with Gasteiger partial charge in [-0.1, -0.05) is 54.6 Å². The Morgan fingerprint density at radius 1 is 1.09 bits per heavy atom. The zero-order valence-corrected chi connectivity index (χ0v) is 12.5. The number of hydrogen-bond acceptors (Lipinski definition) is 4. The lowest BCUT2D eigenvalue weighted by Gasteiger charge is -2.21. The Kier molecular flexibility index (Phi) is 5.66. The molecule has 0 saturated carbocycles. The SMILES string of the molecule is CC(N[C@@H](CN)C(=O)NO)c1ccc(-c2ccccc2)cc1.